The van der Waals surface area contributed by atoms with Crippen molar-refractivity contribution in [2.24, 2.45) is 0 Å². The third-order valence-electron chi connectivity index (χ3n) is 2.88. The Labute approximate surface area is 119 Å². The number of carbonyl (C=O) groups excluding carboxylic acids is 1. The molecule has 1 unspecified atom stereocenters. The summed E-state index contributed by atoms with van der Waals surface area (Å²) < 4.78 is 0. The molecule has 0 aliphatic rings. The summed E-state index contributed by atoms with van der Waals surface area (Å²) in [6, 6.07) is 13.6. The third kappa shape index (κ3) is 2.60. The molecule has 5 nitrogen and oxygen atoms in total. The molecule has 0 saturated carbocycles. The highest BCUT2D eigenvalue weighted by atomic mass is 32.1. The van der Waals surface area contributed by atoms with E-state index in [1.807, 2.05) is 47.8 Å². The number of hydrogen-bond donors (Lipinski definition) is 2. The summed E-state index contributed by atoms with van der Waals surface area (Å²) in [6.07, 6.45) is 1.41. The molecule has 0 fully saturated rings. The average Bonchev–Trinajstić information content (AvgIpc) is 3.18. The quantitative estimate of drug-likeness (QED) is 0.772. The van der Waals surface area contributed by atoms with Crippen LogP contribution in [-0.4, -0.2) is 21.3 Å². The lowest BCUT2D eigenvalue weighted by Crippen LogP contribution is -2.29. The van der Waals surface area contributed by atoms with Gasteiger partial charge in [-0.2, -0.15) is 15.4 Å². The first-order chi connectivity index (χ1) is 9.84. The predicted molar refractivity (Wildman–Crippen MR) is 76.5 cm³/mol. The lowest BCUT2D eigenvalue weighted by atomic mass is 10.1. The van der Waals surface area contributed by atoms with Gasteiger partial charge in [-0.25, -0.2) is 0 Å². The Hall–Kier alpha value is -2.47. The van der Waals surface area contributed by atoms with E-state index in [4.69, 9.17) is 0 Å². The maximum atomic E-state index is 12.2. The number of benzene rings is 1. The molecule has 0 saturated heterocycles. The van der Waals surface area contributed by atoms with Crippen LogP contribution in [0.4, 0.5) is 0 Å². The fourth-order valence-corrected chi connectivity index (χ4v) is 2.74. The normalized spacial score (nSPS) is 12.0. The van der Waals surface area contributed by atoms with Crippen molar-refractivity contribution < 1.29 is 4.79 Å². The molecule has 0 aliphatic heterocycles. The first-order valence-corrected chi connectivity index (χ1v) is 6.97. The topological polar surface area (TPSA) is 70.7 Å². The summed E-state index contributed by atoms with van der Waals surface area (Å²) in [6.45, 7) is 0. The van der Waals surface area contributed by atoms with Crippen molar-refractivity contribution in [1.29, 1.82) is 0 Å². The van der Waals surface area contributed by atoms with Crippen LogP contribution in [-0.2, 0) is 0 Å². The van der Waals surface area contributed by atoms with Crippen molar-refractivity contribution in [3.05, 3.63) is 70.2 Å². The number of nitrogens with zero attached hydrogens (tertiary/aromatic N) is 2. The van der Waals surface area contributed by atoms with Gasteiger partial charge in [0.2, 0.25) is 0 Å². The second kappa shape index (κ2) is 5.66. The van der Waals surface area contributed by atoms with E-state index in [9.17, 15) is 4.79 Å². The molecule has 1 atom stereocenters. The van der Waals surface area contributed by atoms with E-state index in [1.54, 1.807) is 11.3 Å². The Morgan fingerprint density at radius 1 is 1.20 bits per heavy atom. The van der Waals surface area contributed by atoms with Crippen LogP contribution in [0.5, 0.6) is 0 Å². The first-order valence-electron chi connectivity index (χ1n) is 6.09. The number of H-pyrrole nitrogens is 1. The number of aromatic nitrogens is 3. The van der Waals surface area contributed by atoms with Crippen LogP contribution in [0.2, 0.25) is 0 Å². The fraction of sp³-hybridized carbons (Fsp3) is 0.0714. The van der Waals surface area contributed by atoms with Crippen molar-refractivity contribution in [3.8, 4) is 0 Å². The number of rotatable bonds is 4. The van der Waals surface area contributed by atoms with Gasteiger partial charge in [-0.05, 0) is 17.0 Å². The third-order valence-corrected chi connectivity index (χ3v) is 3.82. The Bertz CT molecular complexity index is 665. The average molecular weight is 284 g/mol. The lowest BCUT2D eigenvalue weighted by molar-refractivity contribution is 0.0938. The summed E-state index contributed by atoms with van der Waals surface area (Å²) in [4.78, 5) is 13.2. The maximum Gasteiger partial charge on any atom is 0.274 e. The molecule has 0 radical (unpaired) electrons. The molecule has 1 amide bonds. The summed E-state index contributed by atoms with van der Waals surface area (Å²) >= 11 is 1.61. The molecule has 0 aliphatic carbocycles. The van der Waals surface area contributed by atoms with E-state index in [1.165, 1.54) is 6.20 Å². The number of amides is 1. The van der Waals surface area contributed by atoms with Crippen molar-refractivity contribution in [1.82, 2.24) is 20.7 Å². The van der Waals surface area contributed by atoms with Gasteiger partial charge < -0.3 is 5.32 Å². The van der Waals surface area contributed by atoms with Crippen LogP contribution in [0.15, 0.2) is 54.0 Å². The molecule has 100 valence electrons. The van der Waals surface area contributed by atoms with Crippen LogP contribution in [0.25, 0.3) is 0 Å². The van der Waals surface area contributed by atoms with E-state index in [0.29, 0.717) is 0 Å². The van der Waals surface area contributed by atoms with Gasteiger partial charge in [0.05, 0.1) is 12.2 Å². The van der Waals surface area contributed by atoms with Gasteiger partial charge in [-0.1, -0.05) is 36.4 Å². The van der Waals surface area contributed by atoms with Gasteiger partial charge in [0.25, 0.3) is 5.91 Å². The minimum Gasteiger partial charge on any atom is -0.339 e. The van der Waals surface area contributed by atoms with Gasteiger partial charge in [-0.3, -0.25) is 4.79 Å². The first kappa shape index (κ1) is 12.6. The molecule has 2 heterocycles. The lowest BCUT2D eigenvalue weighted by Gasteiger charge is -2.17. The van der Waals surface area contributed by atoms with Crippen molar-refractivity contribution >= 4 is 17.2 Å². The molecule has 3 aromatic rings. The zero-order valence-corrected chi connectivity index (χ0v) is 11.3. The summed E-state index contributed by atoms with van der Waals surface area (Å²) in [7, 11) is 0. The zero-order valence-electron chi connectivity index (χ0n) is 10.5. The largest absolute Gasteiger partial charge is 0.339 e. The molecule has 2 N–H and O–H groups in total. The van der Waals surface area contributed by atoms with Crippen LogP contribution >= 0.6 is 11.3 Å². The van der Waals surface area contributed by atoms with Crippen molar-refractivity contribution in [2.45, 2.75) is 6.04 Å². The Balaban J connectivity index is 1.89. The smallest absolute Gasteiger partial charge is 0.274 e. The summed E-state index contributed by atoms with van der Waals surface area (Å²) in [5, 5.41) is 14.9. The second-order valence-electron chi connectivity index (χ2n) is 4.19. The molecule has 0 spiro atoms. The monoisotopic (exact) mass is 284 g/mol. The van der Waals surface area contributed by atoms with Crippen molar-refractivity contribution in [3.63, 3.8) is 0 Å². The summed E-state index contributed by atoms with van der Waals surface area (Å²) in [5.41, 5.74) is 1.31. The molecular formula is C14H12N4OS. The Kier molecular flexibility index (Phi) is 3.56. The molecule has 2 aromatic heterocycles. The second-order valence-corrected chi connectivity index (χ2v) is 5.17. The van der Waals surface area contributed by atoms with Crippen LogP contribution in [0.3, 0.4) is 0 Å². The maximum absolute atomic E-state index is 12.2. The molecule has 1 aromatic carbocycles. The highest BCUT2D eigenvalue weighted by Crippen LogP contribution is 2.26. The van der Waals surface area contributed by atoms with E-state index < -0.39 is 0 Å². The highest BCUT2D eigenvalue weighted by molar-refractivity contribution is 7.10. The van der Waals surface area contributed by atoms with Gasteiger partial charge >= 0.3 is 0 Å². The Morgan fingerprint density at radius 2 is 2.05 bits per heavy atom. The summed E-state index contributed by atoms with van der Waals surface area (Å²) in [5.74, 6) is -0.249. The zero-order chi connectivity index (χ0) is 13.8. The van der Waals surface area contributed by atoms with Gasteiger partial charge in [0, 0.05) is 4.88 Å². The number of hydrogen-bond acceptors (Lipinski definition) is 4. The number of aromatic amines is 1. The number of carbonyl (C=O) groups is 1. The van der Waals surface area contributed by atoms with Gasteiger partial charge in [0.1, 0.15) is 0 Å². The van der Waals surface area contributed by atoms with Crippen LogP contribution in [0.1, 0.15) is 27.0 Å². The minimum atomic E-state index is -0.249. The van der Waals surface area contributed by atoms with E-state index in [0.717, 1.165) is 10.4 Å². The number of thiophene rings is 1. The van der Waals surface area contributed by atoms with E-state index in [2.05, 4.69) is 20.7 Å². The Morgan fingerprint density at radius 3 is 2.70 bits per heavy atom. The van der Waals surface area contributed by atoms with E-state index in [-0.39, 0.29) is 17.6 Å². The molecule has 20 heavy (non-hydrogen) atoms. The SMILES string of the molecule is O=C(NC(c1ccccc1)c1cccs1)c1cn[nH]n1. The van der Waals surface area contributed by atoms with Crippen LogP contribution < -0.4 is 5.32 Å². The minimum absolute atomic E-state index is 0.180. The van der Waals surface area contributed by atoms with Crippen LogP contribution in [0, 0.1) is 0 Å². The van der Waals surface area contributed by atoms with Gasteiger partial charge in [0.15, 0.2) is 5.69 Å². The fourth-order valence-electron chi connectivity index (χ4n) is 1.94. The standard InChI is InChI=1S/C14H12N4OS/c19-14(11-9-15-18-17-11)16-13(12-7-4-8-20-12)10-5-2-1-3-6-10/h1-9,13H,(H,16,19)(H,15,17,18). The molecule has 0 bridgehead atoms. The van der Waals surface area contributed by atoms with Crippen molar-refractivity contribution in [2.75, 3.05) is 0 Å². The van der Waals surface area contributed by atoms with E-state index >= 15 is 0 Å². The van der Waals surface area contributed by atoms with Gasteiger partial charge in [-0.15, -0.1) is 11.3 Å². The predicted octanol–water partition coefficient (Wildman–Crippen LogP) is 2.39. The molecular weight excluding hydrogens is 272 g/mol. The molecule has 3 rings (SSSR count). The molecule has 6 heteroatoms. The highest BCUT2D eigenvalue weighted by Gasteiger charge is 2.19. The number of nitrogens with one attached hydrogen (secondary N) is 2.